The predicted octanol–water partition coefficient (Wildman–Crippen LogP) is 2.64. The molecule has 2 rings (SSSR count). The second-order valence-corrected chi connectivity index (χ2v) is 7.34. The summed E-state index contributed by atoms with van der Waals surface area (Å²) < 4.78 is 11.2. The molecule has 0 spiro atoms. The van der Waals surface area contributed by atoms with Crippen molar-refractivity contribution >= 4 is 41.7 Å². The summed E-state index contributed by atoms with van der Waals surface area (Å²) in [7, 11) is 1.79. The Hall–Kier alpha value is 0.270. The van der Waals surface area contributed by atoms with Gasteiger partial charge in [0.15, 0.2) is 5.96 Å². The van der Waals surface area contributed by atoms with Crippen molar-refractivity contribution in [3.05, 3.63) is 0 Å². The summed E-state index contributed by atoms with van der Waals surface area (Å²) in [4.78, 5) is 4.80. The highest BCUT2D eigenvalue weighted by atomic mass is 127. The Balaban J connectivity index is 0.00000264. The molecule has 0 aromatic carbocycles. The van der Waals surface area contributed by atoms with E-state index < -0.39 is 0 Å². The molecule has 23 heavy (non-hydrogen) atoms. The first-order valence-electron chi connectivity index (χ1n) is 8.42. The molecule has 1 aliphatic carbocycles. The van der Waals surface area contributed by atoms with Gasteiger partial charge in [-0.25, -0.2) is 0 Å². The normalized spacial score (nSPS) is 27.3. The Morgan fingerprint density at radius 1 is 1.35 bits per heavy atom. The summed E-state index contributed by atoms with van der Waals surface area (Å²) in [5.41, 5.74) is -0.155. The van der Waals surface area contributed by atoms with Crippen LogP contribution in [-0.4, -0.2) is 62.5 Å². The third kappa shape index (κ3) is 6.59. The molecule has 0 aromatic heterocycles. The fraction of sp³-hybridized carbons (Fsp3) is 0.938. The first-order chi connectivity index (χ1) is 10.7. The number of aliphatic imine (C=N–C) groups is 1. The Morgan fingerprint density at radius 3 is 2.65 bits per heavy atom. The molecule has 1 heterocycles. The summed E-state index contributed by atoms with van der Waals surface area (Å²) in [6, 6.07) is 0.545. The van der Waals surface area contributed by atoms with E-state index in [-0.39, 0.29) is 29.6 Å². The van der Waals surface area contributed by atoms with Crippen molar-refractivity contribution in [1.82, 2.24) is 10.6 Å². The summed E-state index contributed by atoms with van der Waals surface area (Å²) in [5, 5.41) is 7.76. The number of hydrogen-bond donors (Lipinski definition) is 2. The van der Waals surface area contributed by atoms with Crippen molar-refractivity contribution in [1.29, 1.82) is 0 Å². The van der Waals surface area contributed by atoms with E-state index in [2.05, 4.69) is 23.8 Å². The molecule has 7 heteroatoms. The van der Waals surface area contributed by atoms with Crippen LogP contribution in [0.2, 0.25) is 0 Å². The second kappa shape index (κ2) is 11.0. The highest BCUT2D eigenvalue weighted by Gasteiger charge is 2.32. The third-order valence-electron chi connectivity index (χ3n) is 4.77. The largest absolute Gasteiger partial charge is 0.381 e. The SMILES string of the molecule is CCNC(=NCC1(OC)CCOCC1)NC1CCC(SC)C1.I. The van der Waals surface area contributed by atoms with Crippen LogP contribution in [0.5, 0.6) is 0 Å². The number of rotatable bonds is 6. The molecule has 0 radical (unpaired) electrons. The van der Waals surface area contributed by atoms with Crippen LogP contribution < -0.4 is 10.6 Å². The summed E-state index contributed by atoms with van der Waals surface area (Å²) in [5.74, 6) is 0.928. The van der Waals surface area contributed by atoms with Crippen molar-refractivity contribution in [2.24, 2.45) is 4.99 Å². The molecule has 2 atom stereocenters. The first kappa shape index (κ1) is 21.3. The molecule has 1 saturated heterocycles. The lowest BCUT2D eigenvalue weighted by Gasteiger charge is -2.34. The summed E-state index contributed by atoms with van der Waals surface area (Å²) >= 11 is 1.98. The van der Waals surface area contributed by atoms with Gasteiger partial charge in [0, 0.05) is 51.0 Å². The van der Waals surface area contributed by atoms with Crippen molar-refractivity contribution in [2.75, 3.05) is 39.7 Å². The lowest BCUT2D eigenvalue weighted by atomic mass is 9.94. The number of hydrogen-bond acceptors (Lipinski definition) is 4. The van der Waals surface area contributed by atoms with Crippen molar-refractivity contribution < 1.29 is 9.47 Å². The second-order valence-electron chi connectivity index (χ2n) is 6.21. The molecule has 0 amide bonds. The standard InChI is InChI=1S/C16H31N3O2S.HI/c1-4-17-15(19-13-5-6-14(11-13)22-3)18-12-16(20-2)7-9-21-10-8-16;/h13-14H,4-12H2,1-3H3,(H2,17,18,19);1H. The molecule has 136 valence electrons. The van der Waals surface area contributed by atoms with Crippen LogP contribution in [0, 0.1) is 0 Å². The number of thioether (sulfide) groups is 1. The minimum Gasteiger partial charge on any atom is -0.381 e. The number of halogens is 1. The van der Waals surface area contributed by atoms with Crippen LogP contribution in [0.15, 0.2) is 4.99 Å². The molecule has 0 bridgehead atoms. The molecule has 2 N–H and O–H groups in total. The van der Waals surface area contributed by atoms with Gasteiger partial charge in [-0.3, -0.25) is 4.99 Å². The van der Waals surface area contributed by atoms with E-state index in [0.29, 0.717) is 12.6 Å². The molecule has 2 aliphatic rings. The first-order valence-corrected chi connectivity index (χ1v) is 9.70. The van der Waals surface area contributed by atoms with Gasteiger partial charge in [-0.15, -0.1) is 24.0 Å². The molecular weight excluding hydrogens is 425 g/mol. The maximum atomic E-state index is 5.77. The minimum absolute atomic E-state index is 0. The van der Waals surface area contributed by atoms with Crippen LogP contribution >= 0.6 is 35.7 Å². The Morgan fingerprint density at radius 2 is 2.09 bits per heavy atom. The number of ether oxygens (including phenoxy) is 2. The van der Waals surface area contributed by atoms with E-state index in [4.69, 9.17) is 14.5 Å². The van der Waals surface area contributed by atoms with Crippen LogP contribution in [-0.2, 0) is 9.47 Å². The average molecular weight is 457 g/mol. The highest BCUT2D eigenvalue weighted by molar-refractivity contribution is 14.0. The Bertz CT molecular complexity index is 365. The smallest absolute Gasteiger partial charge is 0.191 e. The number of nitrogens with one attached hydrogen (secondary N) is 2. The Labute approximate surface area is 162 Å². The number of methoxy groups -OCH3 is 1. The van der Waals surface area contributed by atoms with Crippen LogP contribution in [0.4, 0.5) is 0 Å². The molecule has 2 fully saturated rings. The molecule has 0 aromatic rings. The fourth-order valence-electron chi connectivity index (χ4n) is 3.19. The van der Waals surface area contributed by atoms with Gasteiger partial charge in [0.05, 0.1) is 12.1 Å². The monoisotopic (exact) mass is 457 g/mol. The van der Waals surface area contributed by atoms with Gasteiger partial charge < -0.3 is 20.1 Å². The predicted molar refractivity (Wildman–Crippen MR) is 109 cm³/mol. The van der Waals surface area contributed by atoms with E-state index in [1.54, 1.807) is 7.11 Å². The van der Waals surface area contributed by atoms with E-state index in [9.17, 15) is 0 Å². The topological polar surface area (TPSA) is 54.9 Å². The quantitative estimate of drug-likeness (QED) is 0.365. The zero-order valence-electron chi connectivity index (χ0n) is 14.6. The van der Waals surface area contributed by atoms with Crippen molar-refractivity contribution in [3.8, 4) is 0 Å². The molecule has 1 aliphatic heterocycles. The van der Waals surface area contributed by atoms with E-state index in [1.807, 2.05) is 11.8 Å². The van der Waals surface area contributed by atoms with Gasteiger partial charge in [0.1, 0.15) is 0 Å². The van der Waals surface area contributed by atoms with Crippen molar-refractivity contribution in [3.63, 3.8) is 0 Å². The van der Waals surface area contributed by atoms with Gasteiger partial charge >= 0.3 is 0 Å². The molecule has 5 nitrogen and oxygen atoms in total. The number of guanidine groups is 1. The Kier molecular flexibility index (Phi) is 10.2. The zero-order chi connectivity index (χ0) is 15.8. The van der Waals surface area contributed by atoms with Gasteiger partial charge in [-0.05, 0) is 32.4 Å². The molecule has 2 unspecified atom stereocenters. The van der Waals surface area contributed by atoms with Gasteiger partial charge in [0.2, 0.25) is 0 Å². The maximum absolute atomic E-state index is 5.77. The minimum atomic E-state index is -0.155. The van der Waals surface area contributed by atoms with Crippen LogP contribution in [0.25, 0.3) is 0 Å². The molecular formula is C16H32IN3O2S. The summed E-state index contributed by atoms with van der Waals surface area (Å²) in [6.07, 6.45) is 7.82. The van der Waals surface area contributed by atoms with Gasteiger partial charge in [-0.1, -0.05) is 0 Å². The van der Waals surface area contributed by atoms with Gasteiger partial charge in [-0.2, -0.15) is 11.8 Å². The zero-order valence-corrected chi connectivity index (χ0v) is 17.7. The van der Waals surface area contributed by atoms with Gasteiger partial charge in [0.25, 0.3) is 0 Å². The summed E-state index contributed by atoms with van der Waals surface area (Å²) in [6.45, 7) is 5.22. The maximum Gasteiger partial charge on any atom is 0.191 e. The highest BCUT2D eigenvalue weighted by Crippen LogP contribution is 2.28. The van der Waals surface area contributed by atoms with E-state index in [0.717, 1.165) is 43.8 Å². The average Bonchev–Trinajstić information content (AvgIpc) is 3.01. The van der Waals surface area contributed by atoms with Crippen molar-refractivity contribution in [2.45, 2.75) is 55.9 Å². The van der Waals surface area contributed by atoms with Crippen LogP contribution in [0.3, 0.4) is 0 Å². The third-order valence-corrected chi connectivity index (χ3v) is 5.86. The lowest BCUT2D eigenvalue weighted by Crippen LogP contribution is -2.45. The van der Waals surface area contributed by atoms with E-state index >= 15 is 0 Å². The lowest BCUT2D eigenvalue weighted by molar-refractivity contribution is -0.0828. The fourth-order valence-corrected chi connectivity index (χ4v) is 3.99. The van der Waals surface area contributed by atoms with Crippen LogP contribution in [0.1, 0.15) is 39.0 Å². The van der Waals surface area contributed by atoms with E-state index in [1.165, 1.54) is 19.3 Å². The number of nitrogens with zero attached hydrogens (tertiary/aromatic N) is 1. The molecule has 1 saturated carbocycles.